The number of nitrogens with zero attached hydrogens (tertiary/aromatic N) is 1. The highest BCUT2D eigenvalue weighted by Gasteiger charge is 2.28. The summed E-state index contributed by atoms with van der Waals surface area (Å²) >= 11 is 0. The van der Waals surface area contributed by atoms with Crippen LogP contribution in [0.3, 0.4) is 0 Å². The molecular formula is C14H21N3O. The summed E-state index contributed by atoms with van der Waals surface area (Å²) in [6.45, 7) is 6.45. The summed E-state index contributed by atoms with van der Waals surface area (Å²) in [7, 11) is 1.65. The third kappa shape index (κ3) is 2.28. The Labute approximate surface area is 108 Å². The molecule has 0 spiro atoms. The molecule has 0 saturated carbocycles. The Kier molecular flexibility index (Phi) is 3.45. The van der Waals surface area contributed by atoms with Gasteiger partial charge in [0.05, 0.1) is 11.3 Å². The number of hydrogen-bond donors (Lipinski definition) is 2. The molecule has 4 nitrogen and oxygen atoms in total. The van der Waals surface area contributed by atoms with Crippen molar-refractivity contribution in [3.8, 4) is 0 Å². The fraction of sp³-hybridized carbons (Fsp3) is 0.500. The van der Waals surface area contributed by atoms with Crippen LogP contribution in [0.1, 0.15) is 24.2 Å². The van der Waals surface area contributed by atoms with Crippen LogP contribution in [0.4, 0.5) is 11.4 Å². The van der Waals surface area contributed by atoms with Crippen molar-refractivity contribution in [1.29, 1.82) is 0 Å². The van der Waals surface area contributed by atoms with E-state index >= 15 is 0 Å². The minimum absolute atomic E-state index is 0.0581. The van der Waals surface area contributed by atoms with E-state index < -0.39 is 0 Å². The van der Waals surface area contributed by atoms with Crippen LogP contribution in [-0.2, 0) is 0 Å². The number of benzene rings is 1. The predicted octanol–water partition coefficient (Wildman–Crippen LogP) is 1.72. The molecule has 3 N–H and O–H groups in total. The van der Waals surface area contributed by atoms with Crippen LogP contribution in [0.25, 0.3) is 0 Å². The summed E-state index contributed by atoms with van der Waals surface area (Å²) in [5.41, 5.74) is 8.20. The second-order valence-electron chi connectivity index (χ2n) is 5.22. The van der Waals surface area contributed by atoms with Crippen molar-refractivity contribution in [3.05, 3.63) is 23.8 Å². The smallest absolute Gasteiger partial charge is 0.253 e. The Morgan fingerprint density at radius 3 is 2.50 bits per heavy atom. The molecule has 1 fully saturated rings. The summed E-state index contributed by atoms with van der Waals surface area (Å²) < 4.78 is 0. The van der Waals surface area contributed by atoms with Gasteiger partial charge in [-0.25, -0.2) is 0 Å². The van der Waals surface area contributed by atoms with Crippen LogP contribution in [0.5, 0.6) is 0 Å². The number of anilines is 2. The van der Waals surface area contributed by atoms with Crippen molar-refractivity contribution in [3.63, 3.8) is 0 Å². The van der Waals surface area contributed by atoms with E-state index in [0.717, 1.165) is 18.8 Å². The van der Waals surface area contributed by atoms with E-state index in [4.69, 9.17) is 5.73 Å². The number of rotatable bonds is 2. The zero-order valence-electron chi connectivity index (χ0n) is 11.2. The highest BCUT2D eigenvalue weighted by atomic mass is 16.1. The third-order valence-corrected chi connectivity index (χ3v) is 3.82. The number of nitrogen functional groups attached to an aromatic ring is 1. The molecule has 1 aromatic rings. The molecule has 0 bridgehead atoms. The number of carbonyl (C=O) groups excluding carboxylic acids is 1. The molecule has 98 valence electrons. The highest BCUT2D eigenvalue weighted by Crippen LogP contribution is 2.31. The molecule has 1 aliphatic heterocycles. The first-order valence-electron chi connectivity index (χ1n) is 6.39. The van der Waals surface area contributed by atoms with Crippen LogP contribution in [0.15, 0.2) is 18.2 Å². The fourth-order valence-corrected chi connectivity index (χ4v) is 2.46. The Morgan fingerprint density at radius 1 is 1.33 bits per heavy atom. The average molecular weight is 247 g/mol. The second kappa shape index (κ2) is 4.88. The number of nitrogens with two attached hydrogens (primary N) is 1. The molecule has 0 aromatic heterocycles. The van der Waals surface area contributed by atoms with E-state index in [-0.39, 0.29) is 5.91 Å². The summed E-state index contributed by atoms with van der Waals surface area (Å²) in [5.74, 6) is 1.23. The Bertz CT molecular complexity index is 448. The van der Waals surface area contributed by atoms with Crippen LogP contribution in [0, 0.1) is 11.8 Å². The molecule has 1 heterocycles. The quantitative estimate of drug-likeness (QED) is 0.782. The number of nitrogens with one attached hydrogen (secondary N) is 1. The zero-order valence-corrected chi connectivity index (χ0v) is 11.2. The molecule has 0 aliphatic carbocycles. The number of hydrogen-bond acceptors (Lipinski definition) is 3. The maximum atomic E-state index is 11.9. The lowest BCUT2D eigenvalue weighted by atomic mass is 10.0. The molecule has 2 atom stereocenters. The van der Waals surface area contributed by atoms with Crippen LogP contribution in [0.2, 0.25) is 0 Å². The second-order valence-corrected chi connectivity index (χ2v) is 5.22. The molecule has 1 amide bonds. The standard InChI is InChI=1S/C14H21N3O/c1-9-7-17(8-10(9)2)13-6-11(15)4-5-12(13)14(18)16-3/h4-6,9-10H,7-8,15H2,1-3H3,(H,16,18). The molecule has 4 heteroatoms. The topological polar surface area (TPSA) is 58.4 Å². The predicted molar refractivity (Wildman–Crippen MR) is 74.8 cm³/mol. The minimum atomic E-state index is -0.0581. The van der Waals surface area contributed by atoms with Gasteiger partial charge in [0.1, 0.15) is 0 Å². The molecule has 1 aromatic carbocycles. The van der Waals surface area contributed by atoms with Gasteiger partial charge in [0, 0.05) is 25.8 Å². The van der Waals surface area contributed by atoms with E-state index in [9.17, 15) is 4.79 Å². The molecular weight excluding hydrogens is 226 g/mol. The molecule has 1 aliphatic rings. The number of carbonyl (C=O) groups is 1. The van der Waals surface area contributed by atoms with E-state index in [1.165, 1.54) is 0 Å². The van der Waals surface area contributed by atoms with E-state index in [2.05, 4.69) is 24.1 Å². The van der Waals surface area contributed by atoms with Gasteiger partial charge in [-0.05, 0) is 30.0 Å². The molecule has 1 saturated heterocycles. The van der Waals surface area contributed by atoms with Crippen molar-refractivity contribution in [1.82, 2.24) is 5.32 Å². The van der Waals surface area contributed by atoms with Crippen LogP contribution < -0.4 is 16.0 Å². The average Bonchev–Trinajstić information content (AvgIpc) is 2.68. The maximum absolute atomic E-state index is 11.9. The molecule has 2 unspecified atom stereocenters. The number of amides is 1. The largest absolute Gasteiger partial charge is 0.399 e. The van der Waals surface area contributed by atoms with E-state index in [0.29, 0.717) is 23.1 Å². The monoisotopic (exact) mass is 247 g/mol. The van der Waals surface area contributed by atoms with Crippen molar-refractivity contribution >= 4 is 17.3 Å². The zero-order chi connectivity index (χ0) is 13.3. The van der Waals surface area contributed by atoms with Gasteiger partial charge < -0.3 is 16.0 Å². The van der Waals surface area contributed by atoms with Gasteiger partial charge in [0.15, 0.2) is 0 Å². The van der Waals surface area contributed by atoms with E-state index in [1.807, 2.05) is 6.07 Å². The van der Waals surface area contributed by atoms with Crippen molar-refractivity contribution in [2.75, 3.05) is 30.8 Å². The first-order valence-corrected chi connectivity index (χ1v) is 6.39. The Morgan fingerprint density at radius 2 is 1.94 bits per heavy atom. The summed E-state index contributed by atoms with van der Waals surface area (Å²) in [6.07, 6.45) is 0. The van der Waals surface area contributed by atoms with Gasteiger partial charge in [-0.3, -0.25) is 4.79 Å². The lowest BCUT2D eigenvalue weighted by molar-refractivity contribution is 0.0963. The van der Waals surface area contributed by atoms with Crippen molar-refractivity contribution in [2.24, 2.45) is 11.8 Å². The summed E-state index contributed by atoms with van der Waals surface area (Å²) in [4.78, 5) is 14.1. The first kappa shape index (κ1) is 12.7. The fourth-order valence-electron chi connectivity index (χ4n) is 2.46. The Balaban J connectivity index is 2.37. The van der Waals surface area contributed by atoms with Gasteiger partial charge in [0.2, 0.25) is 0 Å². The third-order valence-electron chi connectivity index (χ3n) is 3.82. The first-order chi connectivity index (χ1) is 8.52. The summed E-state index contributed by atoms with van der Waals surface area (Å²) in [5, 5.41) is 2.68. The highest BCUT2D eigenvalue weighted by molar-refractivity contribution is 6.00. The van der Waals surface area contributed by atoms with Gasteiger partial charge in [-0.15, -0.1) is 0 Å². The molecule has 2 rings (SSSR count). The van der Waals surface area contributed by atoms with Gasteiger partial charge >= 0.3 is 0 Å². The maximum Gasteiger partial charge on any atom is 0.253 e. The van der Waals surface area contributed by atoms with Crippen LogP contribution >= 0.6 is 0 Å². The molecule has 0 radical (unpaired) electrons. The van der Waals surface area contributed by atoms with Crippen LogP contribution in [-0.4, -0.2) is 26.0 Å². The van der Waals surface area contributed by atoms with Gasteiger partial charge in [0.25, 0.3) is 5.91 Å². The lowest BCUT2D eigenvalue weighted by Gasteiger charge is -2.22. The van der Waals surface area contributed by atoms with E-state index in [1.54, 1.807) is 19.2 Å². The minimum Gasteiger partial charge on any atom is -0.399 e. The Hall–Kier alpha value is -1.71. The summed E-state index contributed by atoms with van der Waals surface area (Å²) in [6, 6.07) is 5.48. The van der Waals surface area contributed by atoms with Gasteiger partial charge in [-0.1, -0.05) is 13.8 Å². The van der Waals surface area contributed by atoms with Crippen molar-refractivity contribution in [2.45, 2.75) is 13.8 Å². The SMILES string of the molecule is CNC(=O)c1ccc(N)cc1N1CC(C)C(C)C1. The lowest BCUT2D eigenvalue weighted by Crippen LogP contribution is -2.26. The van der Waals surface area contributed by atoms with Gasteiger partial charge in [-0.2, -0.15) is 0 Å². The normalized spacial score (nSPS) is 23.2. The molecule has 18 heavy (non-hydrogen) atoms. The van der Waals surface area contributed by atoms with Crippen molar-refractivity contribution < 1.29 is 4.79 Å².